The maximum atomic E-state index is 2.69. The van der Waals surface area contributed by atoms with E-state index in [0.29, 0.717) is 0 Å². The van der Waals surface area contributed by atoms with Gasteiger partial charge in [0.25, 0.3) is 0 Å². The third-order valence-corrected chi connectivity index (χ3v) is 5.66. The molecule has 122 valence electrons. The predicted octanol–water partition coefficient (Wildman–Crippen LogP) is 4.34. The molecular formula is C20H32N2. The molecule has 2 nitrogen and oxygen atoms in total. The van der Waals surface area contributed by atoms with Crippen LogP contribution in [0.1, 0.15) is 51.0 Å². The van der Waals surface area contributed by atoms with Crippen LogP contribution < -0.4 is 4.90 Å². The molecule has 1 aliphatic carbocycles. The highest BCUT2D eigenvalue weighted by atomic mass is 15.3. The van der Waals surface area contributed by atoms with E-state index < -0.39 is 0 Å². The fraction of sp³-hybridized carbons (Fsp3) is 0.700. The summed E-state index contributed by atoms with van der Waals surface area (Å²) in [6.07, 6.45) is 9.99. The first-order valence-electron chi connectivity index (χ1n) is 9.42. The topological polar surface area (TPSA) is 6.48 Å². The van der Waals surface area contributed by atoms with E-state index in [2.05, 4.69) is 41.0 Å². The SMILES string of the molecule is CCc1ccccc1N1CCN(CCC2CCCCC2)CC1. The molecule has 1 saturated heterocycles. The smallest absolute Gasteiger partial charge is 0.0399 e. The quantitative estimate of drug-likeness (QED) is 0.798. The van der Waals surface area contributed by atoms with Crippen molar-refractivity contribution in [3.8, 4) is 0 Å². The fourth-order valence-corrected chi connectivity index (χ4v) is 4.17. The van der Waals surface area contributed by atoms with Gasteiger partial charge >= 0.3 is 0 Å². The summed E-state index contributed by atoms with van der Waals surface area (Å²) >= 11 is 0. The van der Waals surface area contributed by atoms with Gasteiger partial charge in [0.15, 0.2) is 0 Å². The van der Waals surface area contributed by atoms with Crippen LogP contribution in [-0.2, 0) is 6.42 Å². The maximum Gasteiger partial charge on any atom is 0.0399 e. The lowest BCUT2D eigenvalue weighted by molar-refractivity contribution is 0.221. The van der Waals surface area contributed by atoms with E-state index in [-0.39, 0.29) is 0 Å². The number of hydrogen-bond donors (Lipinski definition) is 0. The Morgan fingerprint density at radius 2 is 1.68 bits per heavy atom. The molecule has 0 unspecified atom stereocenters. The molecule has 1 saturated carbocycles. The van der Waals surface area contributed by atoms with Gasteiger partial charge in [0.2, 0.25) is 0 Å². The molecule has 22 heavy (non-hydrogen) atoms. The molecule has 0 N–H and O–H groups in total. The van der Waals surface area contributed by atoms with Crippen LogP contribution in [0, 0.1) is 5.92 Å². The van der Waals surface area contributed by atoms with E-state index in [1.807, 2.05) is 0 Å². The molecule has 2 heteroatoms. The maximum absolute atomic E-state index is 2.69. The van der Waals surface area contributed by atoms with Crippen molar-refractivity contribution in [3.05, 3.63) is 29.8 Å². The summed E-state index contributed by atoms with van der Waals surface area (Å²) in [7, 11) is 0. The van der Waals surface area contributed by atoms with Crippen molar-refractivity contribution >= 4 is 5.69 Å². The highest BCUT2D eigenvalue weighted by molar-refractivity contribution is 5.54. The molecule has 0 spiro atoms. The van der Waals surface area contributed by atoms with E-state index in [0.717, 1.165) is 12.3 Å². The van der Waals surface area contributed by atoms with Crippen molar-refractivity contribution in [2.75, 3.05) is 37.6 Å². The second kappa shape index (κ2) is 8.01. The van der Waals surface area contributed by atoms with Gasteiger partial charge in [-0.1, -0.05) is 57.2 Å². The van der Waals surface area contributed by atoms with Crippen molar-refractivity contribution in [1.29, 1.82) is 0 Å². The Kier molecular flexibility index (Phi) is 5.77. The van der Waals surface area contributed by atoms with Crippen LogP contribution in [0.25, 0.3) is 0 Å². The number of aryl methyl sites for hydroxylation is 1. The van der Waals surface area contributed by atoms with Gasteiger partial charge in [-0.2, -0.15) is 0 Å². The Bertz CT molecular complexity index is 443. The minimum absolute atomic E-state index is 1.02. The van der Waals surface area contributed by atoms with Crippen LogP contribution in [0.2, 0.25) is 0 Å². The Balaban J connectivity index is 1.45. The molecule has 1 heterocycles. The van der Waals surface area contributed by atoms with Gasteiger partial charge in [-0.25, -0.2) is 0 Å². The summed E-state index contributed by atoms with van der Waals surface area (Å²) in [5.74, 6) is 1.02. The van der Waals surface area contributed by atoms with Crippen molar-refractivity contribution in [2.45, 2.75) is 51.9 Å². The summed E-state index contributed by atoms with van der Waals surface area (Å²) in [6.45, 7) is 8.46. The van der Waals surface area contributed by atoms with Gasteiger partial charge in [-0.3, -0.25) is 4.90 Å². The van der Waals surface area contributed by atoms with Crippen molar-refractivity contribution in [3.63, 3.8) is 0 Å². The van der Waals surface area contributed by atoms with Crippen LogP contribution in [0.15, 0.2) is 24.3 Å². The number of piperazine rings is 1. The van der Waals surface area contributed by atoms with Crippen molar-refractivity contribution in [1.82, 2.24) is 4.90 Å². The Labute approximate surface area is 136 Å². The third kappa shape index (κ3) is 4.04. The molecule has 2 aliphatic rings. The number of nitrogens with zero attached hydrogens (tertiary/aromatic N) is 2. The molecule has 2 fully saturated rings. The van der Waals surface area contributed by atoms with Gasteiger partial charge in [0.1, 0.15) is 0 Å². The molecule has 0 atom stereocenters. The number of para-hydroxylation sites is 1. The molecule has 1 aromatic carbocycles. The van der Waals surface area contributed by atoms with E-state index in [1.165, 1.54) is 82.5 Å². The monoisotopic (exact) mass is 300 g/mol. The molecule has 0 radical (unpaired) electrons. The summed E-state index contributed by atoms with van der Waals surface area (Å²) in [5, 5.41) is 0. The van der Waals surface area contributed by atoms with Gasteiger partial charge in [-0.05, 0) is 36.9 Å². The number of hydrogen-bond acceptors (Lipinski definition) is 2. The summed E-state index contributed by atoms with van der Waals surface area (Å²) < 4.78 is 0. The van der Waals surface area contributed by atoms with E-state index >= 15 is 0 Å². The van der Waals surface area contributed by atoms with E-state index in [9.17, 15) is 0 Å². The lowest BCUT2D eigenvalue weighted by Gasteiger charge is -2.37. The molecule has 1 aliphatic heterocycles. The standard InChI is InChI=1S/C20H32N2/c1-2-19-10-6-7-11-20(19)22-16-14-21(15-17-22)13-12-18-8-4-3-5-9-18/h6-7,10-11,18H,2-5,8-9,12-17H2,1H3. The van der Waals surface area contributed by atoms with Gasteiger partial charge in [0.05, 0.1) is 0 Å². The van der Waals surface area contributed by atoms with Crippen LogP contribution in [0.4, 0.5) is 5.69 Å². The molecule has 1 aromatic rings. The highest BCUT2D eigenvalue weighted by Gasteiger charge is 2.20. The molecular weight excluding hydrogens is 268 g/mol. The number of benzene rings is 1. The molecule has 0 amide bonds. The summed E-state index contributed by atoms with van der Waals surface area (Å²) in [6, 6.07) is 8.94. The Morgan fingerprint density at radius 3 is 2.41 bits per heavy atom. The predicted molar refractivity (Wildman–Crippen MR) is 95.7 cm³/mol. The summed E-state index contributed by atoms with van der Waals surface area (Å²) in [5.41, 5.74) is 2.97. The number of rotatable bonds is 5. The molecule has 0 aromatic heterocycles. The van der Waals surface area contributed by atoms with E-state index in [4.69, 9.17) is 0 Å². The lowest BCUT2D eigenvalue weighted by atomic mass is 9.87. The Hall–Kier alpha value is -1.02. The largest absolute Gasteiger partial charge is 0.369 e. The minimum Gasteiger partial charge on any atom is -0.369 e. The van der Waals surface area contributed by atoms with E-state index in [1.54, 1.807) is 0 Å². The van der Waals surface area contributed by atoms with Crippen LogP contribution >= 0.6 is 0 Å². The lowest BCUT2D eigenvalue weighted by Crippen LogP contribution is -2.47. The van der Waals surface area contributed by atoms with Crippen molar-refractivity contribution < 1.29 is 0 Å². The second-order valence-electron chi connectivity index (χ2n) is 7.10. The minimum atomic E-state index is 1.02. The van der Waals surface area contributed by atoms with Gasteiger partial charge in [-0.15, -0.1) is 0 Å². The van der Waals surface area contributed by atoms with Crippen LogP contribution in [0.5, 0.6) is 0 Å². The van der Waals surface area contributed by atoms with Gasteiger partial charge < -0.3 is 4.90 Å². The van der Waals surface area contributed by atoms with Crippen molar-refractivity contribution in [2.24, 2.45) is 5.92 Å². The molecule has 3 rings (SSSR count). The fourth-order valence-electron chi connectivity index (χ4n) is 4.17. The Morgan fingerprint density at radius 1 is 0.955 bits per heavy atom. The second-order valence-corrected chi connectivity index (χ2v) is 7.10. The first-order valence-corrected chi connectivity index (χ1v) is 9.42. The number of anilines is 1. The average molecular weight is 300 g/mol. The molecule has 0 bridgehead atoms. The first kappa shape index (κ1) is 15.9. The third-order valence-electron chi connectivity index (χ3n) is 5.66. The zero-order chi connectivity index (χ0) is 15.2. The normalized spacial score (nSPS) is 21.2. The summed E-state index contributed by atoms with van der Waals surface area (Å²) in [4.78, 5) is 5.29. The average Bonchev–Trinajstić information content (AvgIpc) is 2.61. The highest BCUT2D eigenvalue weighted by Crippen LogP contribution is 2.27. The first-order chi connectivity index (χ1) is 10.9. The van der Waals surface area contributed by atoms with Crippen LogP contribution in [0.3, 0.4) is 0 Å². The zero-order valence-electron chi connectivity index (χ0n) is 14.3. The van der Waals surface area contributed by atoms with Gasteiger partial charge in [0, 0.05) is 31.9 Å². The zero-order valence-corrected chi connectivity index (χ0v) is 14.3. The van der Waals surface area contributed by atoms with Crippen LogP contribution in [-0.4, -0.2) is 37.6 Å².